The van der Waals surface area contributed by atoms with E-state index < -0.39 is 10.0 Å². The normalized spacial score (nSPS) is 11.3. The summed E-state index contributed by atoms with van der Waals surface area (Å²) in [5.74, 6) is 0.637. The smallest absolute Gasteiger partial charge is 0.240 e. The Bertz CT molecular complexity index is 744. The van der Waals surface area contributed by atoms with E-state index in [9.17, 15) is 13.5 Å². The average molecular weight is 308 g/mol. The van der Waals surface area contributed by atoms with E-state index in [1.807, 2.05) is 0 Å². The minimum Gasteiger partial charge on any atom is -0.455 e. The molecule has 0 aliphatic rings. The Morgan fingerprint density at radius 2 is 1.90 bits per heavy atom. The second-order valence-corrected chi connectivity index (χ2v) is 6.16. The first-order valence-electron chi connectivity index (χ1n) is 6.17. The van der Waals surface area contributed by atoms with E-state index in [1.165, 1.54) is 25.2 Å². The predicted molar refractivity (Wildman–Crippen MR) is 79.5 cm³/mol. The number of aliphatic hydroxyl groups is 1. The molecule has 4 N–H and O–H groups in total. The SMILES string of the molecule is CNS(=O)(=O)c1ccc(N)c(Oc2ccccc2CO)c1. The fourth-order valence-electron chi connectivity index (χ4n) is 1.74. The zero-order valence-electron chi connectivity index (χ0n) is 11.4. The molecule has 21 heavy (non-hydrogen) atoms. The van der Waals surface area contributed by atoms with Crippen molar-refractivity contribution in [3.8, 4) is 11.5 Å². The van der Waals surface area contributed by atoms with Gasteiger partial charge in [-0.3, -0.25) is 0 Å². The number of para-hydroxylation sites is 1. The van der Waals surface area contributed by atoms with Gasteiger partial charge in [0.05, 0.1) is 17.2 Å². The molecule has 6 nitrogen and oxygen atoms in total. The van der Waals surface area contributed by atoms with Crippen molar-refractivity contribution in [1.82, 2.24) is 4.72 Å². The lowest BCUT2D eigenvalue weighted by molar-refractivity contribution is 0.276. The largest absolute Gasteiger partial charge is 0.455 e. The molecule has 2 rings (SSSR count). The van der Waals surface area contributed by atoms with E-state index in [2.05, 4.69) is 4.72 Å². The number of anilines is 1. The molecule has 0 fully saturated rings. The number of benzene rings is 2. The molecular formula is C14H16N2O4S. The molecule has 112 valence electrons. The molecule has 2 aromatic rings. The highest BCUT2D eigenvalue weighted by Gasteiger charge is 2.15. The number of hydrogen-bond donors (Lipinski definition) is 3. The highest BCUT2D eigenvalue weighted by molar-refractivity contribution is 7.89. The first-order valence-corrected chi connectivity index (χ1v) is 7.66. The number of hydrogen-bond acceptors (Lipinski definition) is 5. The van der Waals surface area contributed by atoms with Crippen LogP contribution in [0.15, 0.2) is 47.4 Å². The summed E-state index contributed by atoms with van der Waals surface area (Å²) < 4.78 is 31.4. The molecule has 0 atom stereocenters. The number of aliphatic hydroxyl groups excluding tert-OH is 1. The third kappa shape index (κ3) is 3.33. The lowest BCUT2D eigenvalue weighted by Crippen LogP contribution is -2.18. The molecule has 0 aliphatic heterocycles. The molecule has 0 amide bonds. The summed E-state index contributed by atoms with van der Waals surface area (Å²) >= 11 is 0. The molecule has 0 bridgehead atoms. The van der Waals surface area contributed by atoms with Gasteiger partial charge in [-0.15, -0.1) is 0 Å². The maximum Gasteiger partial charge on any atom is 0.240 e. The van der Waals surface area contributed by atoms with Crippen LogP contribution in [0.25, 0.3) is 0 Å². The average Bonchev–Trinajstić information content (AvgIpc) is 2.49. The number of rotatable bonds is 5. The van der Waals surface area contributed by atoms with E-state index in [4.69, 9.17) is 10.5 Å². The van der Waals surface area contributed by atoms with Crippen molar-refractivity contribution in [3.63, 3.8) is 0 Å². The van der Waals surface area contributed by atoms with Gasteiger partial charge in [0, 0.05) is 11.6 Å². The van der Waals surface area contributed by atoms with Gasteiger partial charge in [-0.05, 0) is 25.2 Å². The first kappa shape index (κ1) is 15.3. The van der Waals surface area contributed by atoms with Crippen molar-refractivity contribution in [2.24, 2.45) is 0 Å². The maximum absolute atomic E-state index is 11.8. The molecule has 7 heteroatoms. The lowest BCUT2D eigenvalue weighted by Gasteiger charge is -2.12. The molecule has 0 unspecified atom stereocenters. The monoisotopic (exact) mass is 308 g/mol. The van der Waals surface area contributed by atoms with Gasteiger partial charge < -0.3 is 15.6 Å². The van der Waals surface area contributed by atoms with Crippen LogP contribution in [0.2, 0.25) is 0 Å². The Morgan fingerprint density at radius 3 is 2.57 bits per heavy atom. The number of nitrogen functional groups attached to an aromatic ring is 1. The third-order valence-corrected chi connectivity index (χ3v) is 4.34. The molecule has 0 heterocycles. The lowest BCUT2D eigenvalue weighted by atomic mass is 10.2. The van der Waals surface area contributed by atoms with Crippen LogP contribution in [0, 0.1) is 0 Å². The molecule has 0 saturated carbocycles. The van der Waals surface area contributed by atoms with Crippen LogP contribution in [-0.2, 0) is 16.6 Å². The summed E-state index contributed by atoms with van der Waals surface area (Å²) in [6.45, 7) is -0.190. The second-order valence-electron chi connectivity index (χ2n) is 4.28. The fraction of sp³-hybridized carbons (Fsp3) is 0.143. The Morgan fingerprint density at radius 1 is 1.19 bits per heavy atom. The van der Waals surface area contributed by atoms with Crippen LogP contribution in [0.5, 0.6) is 11.5 Å². The van der Waals surface area contributed by atoms with Crippen LogP contribution in [-0.4, -0.2) is 20.6 Å². The van der Waals surface area contributed by atoms with Crippen LogP contribution in [0.1, 0.15) is 5.56 Å². The first-order chi connectivity index (χ1) is 9.97. The summed E-state index contributed by atoms with van der Waals surface area (Å²) in [6, 6.07) is 11.1. The van der Waals surface area contributed by atoms with Crippen LogP contribution >= 0.6 is 0 Å². The summed E-state index contributed by atoms with van der Waals surface area (Å²) in [7, 11) is -2.25. The maximum atomic E-state index is 11.8. The van der Waals surface area contributed by atoms with Crippen molar-refractivity contribution in [1.29, 1.82) is 0 Å². The van der Waals surface area contributed by atoms with E-state index in [-0.39, 0.29) is 17.3 Å². The fourth-order valence-corrected chi connectivity index (χ4v) is 2.49. The van der Waals surface area contributed by atoms with Gasteiger partial charge in [-0.1, -0.05) is 18.2 Å². The Hall–Kier alpha value is -2.09. The molecular weight excluding hydrogens is 292 g/mol. The highest BCUT2D eigenvalue weighted by Crippen LogP contribution is 2.31. The summed E-state index contributed by atoms with van der Waals surface area (Å²) in [6.07, 6.45) is 0. The van der Waals surface area contributed by atoms with Gasteiger partial charge in [0.15, 0.2) is 5.75 Å². The number of nitrogens with two attached hydrogens (primary N) is 1. The van der Waals surface area contributed by atoms with Crippen molar-refractivity contribution < 1.29 is 18.3 Å². The Kier molecular flexibility index (Phi) is 4.46. The number of sulfonamides is 1. The van der Waals surface area contributed by atoms with E-state index in [1.54, 1.807) is 24.3 Å². The topological polar surface area (TPSA) is 102 Å². The van der Waals surface area contributed by atoms with Crippen LogP contribution in [0.3, 0.4) is 0 Å². The Balaban J connectivity index is 2.43. The summed E-state index contributed by atoms with van der Waals surface area (Å²) in [4.78, 5) is 0.0516. The van der Waals surface area contributed by atoms with E-state index in [0.29, 0.717) is 17.0 Å². The van der Waals surface area contributed by atoms with Crippen molar-refractivity contribution in [2.45, 2.75) is 11.5 Å². The minimum absolute atomic E-state index is 0.0516. The highest BCUT2D eigenvalue weighted by atomic mass is 32.2. The van der Waals surface area contributed by atoms with Crippen LogP contribution in [0.4, 0.5) is 5.69 Å². The minimum atomic E-state index is -3.58. The van der Waals surface area contributed by atoms with Gasteiger partial charge in [0.25, 0.3) is 0 Å². The molecule has 2 aromatic carbocycles. The Labute approximate surface area is 123 Å². The predicted octanol–water partition coefficient (Wildman–Crippen LogP) is 1.46. The van der Waals surface area contributed by atoms with Crippen molar-refractivity contribution >= 4 is 15.7 Å². The van der Waals surface area contributed by atoms with Gasteiger partial charge in [-0.2, -0.15) is 0 Å². The zero-order valence-corrected chi connectivity index (χ0v) is 12.2. The molecule has 0 aromatic heterocycles. The second kappa shape index (κ2) is 6.13. The van der Waals surface area contributed by atoms with Crippen molar-refractivity contribution in [2.75, 3.05) is 12.8 Å². The standard InChI is InChI=1S/C14H16N2O4S/c1-16-21(18,19)11-6-7-12(15)14(8-11)20-13-5-3-2-4-10(13)9-17/h2-8,16-17H,9,15H2,1H3. The molecule has 0 saturated heterocycles. The van der Waals surface area contributed by atoms with Gasteiger partial charge in [0.2, 0.25) is 10.0 Å². The number of nitrogens with one attached hydrogen (secondary N) is 1. The molecule has 0 radical (unpaired) electrons. The van der Waals surface area contributed by atoms with E-state index >= 15 is 0 Å². The summed E-state index contributed by atoms with van der Waals surface area (Å²) in [5, 5.41) is 9.27. The van der Waals surface area contributed by atoms with Crippen molar-refractivity contribution in [3.05, 3.63) is 48.0 Å². The number of ether oxygens (including phenoxy) is 1. The molecule has 0 aliphatic carbocycles. The third-order valence-electron chi connectivity index (χ3n) is 2.93. The zero-order chi connectivity index (χ0) is 15.5. The summed E-state index contributed by atoms with van der Waals surface area (Å²) in [5.41, 5.74) is 6.70. The van der Waals surface area contributed by atoms with E-state index in [0.717, 1.165) is 0 Å². The van der Waals surface area contributed by atoms with Crippen LogP contribution < -0.4 is 15.2 Å². The van der Waals surface area contributed by atoms with Gasteiger partial charge >= 0.3 is 0 Å². The quantitative estimate of drug-likeness (QED) is 0.726. The van der Waals surface area contributed by atoms with Gasteiger partial charge in [-0.25, -0.2) is 13.1 Å². The molecule has 0 spiro atoms. The van der Waals surface area contributed by atoms with Gasteiger partial charge in [0.1, 0.15) is 5.75 Å².